The number of hydrogen-bond acceptors (Lipinski definition) is 5. The first-order valence-electron chi connectivity index (χ1n) is 9.01. The third kappa shape index (κ3) is 3.73. The maximum atomic E-state index is 12.3. The van der Waals surface area contributed by atoms with Gasteiger partial charge in [-0.3, -0.25) is 14.2 Å². The fourth-order valence-electron chi connectivity index (χ4n) is 3.32. The largest absolute Gasteiger partial charge is 0.323 e. The lowest BCUT2D eigenvalue weighted by molar-refractivity contribution is -0.115. The summed E-state index contributed by atoms with van der Waals surface area (Å²) in [5, 5.41) is 11.8. The summed E-state index contributed by atoms with van der Waals surface area (Å²) in [6, 6.07) is 0.418. The van der Waals surface area contributed by atoms with E-state index in [1.54, 1.807) is 10.9 Å². The number of hydrogen-bond donors (Lipinski definition) is 1. The molecule has 134 valence electrons. The van der Waals surface area contributed by atoms with Gasteiger partial charge in [0.2, 0.25) is 5.91 Å². The predicted molar refractivity (Wildman–Crippen MR) is 93.3 cm³/mol. The monoisotopic (exact) mass is 343 g/mol. The molecule has 2 fully saturated rings. The second kappa shape index (κ2) is 6.59. The van der Waals surface area contributed by atoms with Gasteiger partial charge in [-0.05, 0) is 45.8 Å². The number of nitrogens with zero attached hydrogens (tertiary/aromatic N) is 6. The molecule has 25 heavy (non-hydrogen) atoms. The summed E-state index contributed by atoms with van der Waals surface area (Å²) in [6.45, 7) is 2.17. The number of aryl methyl sites for hydroxylation is 1. The zero-order valence-electron chi connectivity index (χ0n) is 14.9. The summed E-state index contributed by atoms with van der Waals surface area (Å²) in [5.41, 5.74) is 0.744. The lowest BCUT2D eigenvalue weighted by Gasteiger charge is -2.28. The minimum absolute atomic E-state index is 0.0826. The number of piperidine rings is 1. The van der Waals surface area contributed by atoms with Crippen molar-refractivity contribution in [3.63, 3.8) is 0 Å². The van der Waals surface area contributed by atoms with Gasteiger partial charge in [-0.15, -0.1) is 0 Å². The van der Waals surface area contributed by atoms with E-state index in [0.29, 0.717) is 17.8 Å². The normalized spacial score (nSPS) is 19.3. The Hall–Kier alpha value is -2.22. The molecule has 1 aliphatic heterocycles. The van der Waals surface area contributed by atoms with E-state index < -0.39 is 0 Å². The molecule has 0 unspecified atom stereocenters. The Bertz CT molecular complexity index is 753. The second-order valence-electron chi connectivity index (χ2n) is 7.25. The van der Waals surface area contributed by atoms with Crippen LogP contribution in [0.15, 0.2) is 12.4 Å². The van der Waals surface area contributed by atoms with Crippen LogP contribution in [0.5, 0.6) is 0 Å². The molecule has 2 aromatic rings. The maximum Gasteiger partial charge on any atom is 0.232 e. The molecule has 4 rings (SSSR count). The molecule has 1 aliphatic carbocycles. The van der Waals surface area contributed by atoms with E-state index in [1.807, 2.05) is 17.9 Å². The first kappa shape index (κ1) is 16.3. The van der Waals surface area contributed by atoms with Crippen molar-refractivity contribution in [2.24, 2.45) is 7.05 Å². The van der Waals surface area contributed by atoms with Gasteiger partial charge in [0.25, 0.3) is 0 Å². The molecule has 2 aromatic heterocycles. The molecule has 0 radical (unpaired) electrons. The van der Waals surface area contributed by atoms with Gasteiger partial charge in [0.05, 0.1) is 24.3 Å². The minimum atomic E-state index is -0.0826. The lowest BCUT2D eigenvalue weighted by Crippen LogP contribution is -2.31. The molecular formula is C17H25N7O. The Kier molecular flexibility index (Phi) is 4.29. The molecule has 1 N–H and O–H groups in total. The Balaban J connectivity index is 1.35. The number of carbonyl (C=O) groups excluding carboxylic acids is 1. The third-order valence-corrected chi connectivity index (χ3v) is 5.08. The summed E-state index contributed by atoms with van der Waals surface area (Å²) in [4.78, 5) is 19.2. The van der Waals surface area contributed by atoms with E-state index in [4.69, 9.17) is 0 Å². The molecular weight excluding hydrogens is 318 g/mol. The summed E-state index contributed by atoms with van der Waals surface area (Å²) in [7, 11) is 3.99. The highest BCUT2D eigenvalue weighted by molar-refractivity contribution is 5.91. The van der Waals surface area contributed by atoms with Crippen molar-refractivity contribution >= 4 is 11.6 Å². The first-order valence-corrected chi connectivity index (χ1v) is 9.01. The molecule has 1 amide bonds. The van der Waals surface area contributed by atoms with Gasteiger partial charge in [-0.2, -0.15) is 10.2 Å². The molecule has 3 heterocycles. The maximum absolute atomic E-state index is 12.3. The quantitative estimate of drug-likeness (QED) is 0.886. The van der Waals surface area contributed by atoms with Crippen molar-refractivity contribution in [3.8, 4) is 0 Å². The third-order valence-electron chi connectivity index (χ3n) is 5.08. The molecule has 8 heteroatoms. The molecule has 0 aromatic carbocycles. The number of likely N-dealkylation sites (tertiary alicyclic amines) is 1. The Morgan fingerprint density at radius 2 is 2.00 bits per heavy atom. The fourth-order valence-corrected chi connectivity index (χ4v) is 3.32. The predicted octanol–water partition coefficient (Wildman–Crippen LogP) is 1.34. The molecule has 0 spiro atoms. The molecule has 8 nitrogen and oxygen atoms in total. The average Bonchev–Trinajstić information content (AvgIpc) is 3.24. The number of rotatable bonds is 5. The van der Waals surface area contributed by atoms with Crippen molar-refractivity contribution in [2.75, 3.05) is 25.5 Å². The summed E-state index contributed by atoms with van der Waals surface area (Å²) in [6.07, 6.45) is 8.39. The second-order valence-corrected chi connectivity index (χ2v) is 7.25. The van der Waals surface area contributed by atoms with Crippen LogP contribution in [0.4, 0.5) is 5.69 Å². The number of carbonyl (C=O) groups is 1. The van der Waals surface area contributed by atoms with E-state index in [1.165, 1.54) is 0 Å². The van der Waals surface area contributed by atoms with Crippen molar-refractivity contribution in [2.45, 2.75) is 44.1 Å². The number of aromatic nitrogens is 5. The molecule has 0 atom stereocenters. The van der Waals surface area contributed by atoms with Gasteiger partial charge in [-0.25, -0.2) is 4.98 Å². The van der Waals surface area contributed by atoms with Crippen LogP contribution in [0.3, 0.4) is 0 Å². The van der Waals surface area contributed by atoms with E-state index >= 15 is 0 Å². The highest BCUT2D eigenvalue weighted by atomic mass is 16.1. The standard InChI is InChI=1S/C17H25N7O/c1-22-7-5-14(6-8-22)24-11-13(10-18-24)19-16(25)9-15-20-17(12-3-4-12)21-23(15)2/h10-12,14H,3-9H2,1-2H3,(H,19,25). The average molecular weight is 343 g/mol. The zero-order valence-corrected chi connectivity index (χ0v) is 14.9. The van der Waals surface area contributed by atoms with Gasteiger partial charge >= 0.3 is 0 Å². The SMILES string of the molecule is CN1CCC(n2cc(NC(=O)Cc3nc(C4CC4)nn3C)cn2)CC1. The number of anilines is 1. The molecule has 1 saturated heterocycles. The van der Waals surface area contributed by atoms with E-state index in [0.717, 1.165) is 50.3 Å². The molecule has 2 aliphatic rings. The Labute approximate surface area is 147 Å². The first-order chi connectivity index (χ1) is 12.1. The van der Waals surface area contributed by atoms with Gasteiger partial charge in [0.15, 0.2) is 5.82 Å². The molecule has 1 saturated carbocycles. The fraction of sp³-hybridized carbons (Fsp3) is 0.647. The van der Waals surface area contributed by atoms with E-state index in [9.17, 15) is 4.79 Å². The summed E-state index contributed by atoms with van der Waals surface area (Å²) >= 11 is 0. The van der Waals surface area contributed by atoms with Crippen molar-refractivity contribution < 1.29 is 4.79 Å². The lowest BCUT2D eigenvalue weighted by atomic mass is 10.1. The van der Waals surface area contributed by atoms with Crippen molar-refractivity contribution in [1.29, 1.82) is 0 Å². The van der Waals surface area contributed by atoms with Crippen LogP contribution in [0.1, 0.15) is 49.3 Å². The highest BCUT2D eigenvalue weighted by Gasteiger charge is 2.28. The van der Waals surface area contributed by atoms with Crippen LogP contribution in [-0.4, -0.2) is 55.5 Å². The highest BCUT2D eigenvalue weighted by Crippen LogP contribution is 2.38. The number of nitrogens with one attached hydrogen (secondary N) is 1. The van der Waals surface area contributed by atoms with Crippen LogP contribution in [0, 0.1) is 0 Å². The van der Waals surface area contributed by atoms with Crippen molar-refractivity contribution in [3.05, 3.63) is 24.0 Å². The van der Waals surface area contributed by atoms with Gasteiger partial charge in [0, 0.05) is 19.2 Å². The van der Waals surface area contributed by atoms with Crippen LogP contribution < -0.4 is 5.32 Å². The Morgan fingerprint density at radius 1 is 1.24 bits per heavy atom. The topological polar surface area (TPSA) is 80.9 Å². The van der Waals surface area contributed by atoms with Crippen molar-refractivity contribution in [1.82, 2.24) is 29.4 Å². The number of amides is 1. The van der Waals surface area contributed by atoms with Crippen LogP contribution in [0.2, 0.25) is 0 Å². The van der Waals surface area contributed by atoms with E-state index in [-0.39, 0.29) is 12.3 Å². The van der Waals surface area contributed by atoms with Crippen LogP contribution in [0.25, 0.3) is 0 Å². The van der Waals surface area contributed by atoms with Crippen LogP contribution in [-0.2, 0) is 18.3 Å². The summed E-state index contributed by atoms with van der Waals surface area (Å²) < 4.78 is 3.70. The molecule has 0 bridgehead atoms. The van der Waals surface area contributed by atoms with Gasteiger partial charge in [0.1, 0.15) is 5.82 Å². The Morgan fingerprint density at radius 3 is 2.72 bits per heavy atom. The zero-order chi connectivity index (χ0) is 17.4. The van der Waals surface area contributed by atoms with Gasteiger partial charge < -0.3 is 10.2 Å². The van der Waals surface area contributed by atoms with Gasteiger partial charge in [-0.1, -0.05) is 0 Å². The van der Waals surface area contributed by atoms with E-state index in [2.05, 4.69) is 32.4 Å². The smallest absolute Gasteiger partial charge is 0.232 e. The minimum Gasteiger partial charge on any atom is -0.323 e. The summed E-state index contributed by atoms with van der Waals surface area (Å²) in [5.74, 6) is 2.00. The van der Waals surface area contributed by atoms with Crippen LogP contribution >= 0.6 is 0 Å².